The van der Waals surface area contributed by atoms with E-state index < -0.39 is 0 Å². The molecule has 0 unspecified atom stereocenters. The zero-order valence-electron chi connectivity index (χ0n) is 15.6. The Morgan fingerprint density at radius 2 is 1.93 bits per heavy atom. The molecule has 0 fully saturated rings. The van der Waals surface area contributed by atoms with Gasteiger partial charge in [-0.05, 0) is 61.0 Å². The topological polar surface area (TPSA) is 58.5 Å². The third-order valence-electron chi connectivity index (χ3n) is 3.94. The van der Waals surface area contributed by atoms with Crippen LogP contribution in [0.5, 0.6) is 5.75 Å². The van der Waals surface area contributed by atoms with E-state index in [9.17, 15) is 0 Å². The van der Waals surface area contributed by atoms with Crippen LogP contribution in [0.2, 0.25) is 0 Å². The lowest BCUT2D eigenvalue weighted by molar-refractivity contribution is 0.415. The third-order valence-corrected chi connectivity index (χ3v) is 5.07. The van der Waals surface area contributed by atoms with Gasteiger partial charge >= 0.3 is 0 Å². The summed E-state index contributed by atoms with van der Waals surface area (Å²) in [6.07, 6.45) is 1.79. The van der Waals surface area contributed by atoms with E-state index in [0.717, 1.165) is 30.5 Å². The zero-order valence-corrected chi connectivity index (χ0v) is 16.4. The first-order valence-corrected chi connectivity index (χ1v) is 9.75. The van der Waals surface area contributed by atoms with Crippen LogP contribution in [-0.4, -0.2) is 24.6 Å². The Kier molecular flexibility index (Phi) is 6.82. The minimum atomic E-state index is 0.553. The predicted octanol–water partition coefficient (Wildman–Crippen LogP) is 4.07. The molecule has 0 saturated carbocycles. The van der Waals surface area contributed by atoms with E-state index in [1.807, 2.05) is 30.3 Å². The lowest BCUT2D eigenvalue weighted by Gasteiger charge is -2.10. The Morgan fingerprint density at radius 1 is 1.07 bits per heavy atom. The molecule has 2 N–H and O–H groups in total. The molecule has 0 saturated heterocycles. The maximum Gasteiger partial charge on any atom is 0.191 e. The molecule has 0 atom stereocenters. The summed E-state index contributed by atoms with van der Waals surface area (Å²) >= 11 is 1.78. The lowest BCUT2D eigenvalue weighted by Crippen LogP contribution is -2.36. The molecule has 0 bridgehead atoms. The number of hydrogen-bond donors (Lipinski definition) is 2. The minimum Gasteiger partial charge on any atom is -0.497 e. The zero-order chi connectivity index (χ0) is 18.9. The van der Waals surface area contributed by atoms with E-state index in [4.69, 9.17) is 4.74 Å². The average molecular weight is 381 g/mol. The molecule has 2 heterocycles. The van der Waals surface area contributed by atoms with E-state index in [1.54, 1.807) is 24.6 Å². The van der Waals surface area contributed by atoms with Crippen molar-refractivity contribution in [1.82, 2.24) is 15.6 Å². The quantitative estimate of drug-likeness (QED) is 0.479. The second-order valence-electron chi connectivity index (χ2n) is 5.86. The van der Waals surface area contributed by atoms with Gasteiger partial charge in [0.1, 0.15) is 5.75 Å². The number of methoxy groups -OCH3 is 1. The Labute approximate surface area is 164 Å². The van der Waals surface area contributed by atoms with Crippen molar-refractivity contribution in [3.63, 3.8) is 0 Å². The van der Waals surface area contributed by atoms with Gasteiger partial charge in [-0.3, -0.25) is 4.98 Å². The van der Waals surface area contributed by atoms with Crippen molar-refractivity contribution in [2.45, 2.75) is 20.0 Å². The number of hydrogen-bond acceptors (Lipinski definition) is 4. The number of ether oxygens (including phenoxy) is 1. The van der Waals surface area contributed by atoms with Crippen molar-refractivity contribution in [2.75, 3.05) is 13.7 Å². The highest BCUT2D eigenvalue weighted by molar-refractivity contribution is 7.15. The number of benzene rings is 1. The van der Waals surface area contributed by atoms with Crippen molar-refractivity contribution in [1.29, 1.82) is 0 Å². The highest BCUT2D eigenvalue weighted by Crippen LogP contribution is 2.29. The number of aromatic nitrogens is 1. The summed E-state index contributed by atoms with van der Waals surface area (Å²) in [5.41, 5.74) is 2.15. The fourth-order valence-corrected chi connectivity index (χ4v) is 3.50. The van der Waals surface area contributed by atoms with E-state index in [0.29, 0.717) is 6.54 Å². The molecule has 0 amide bonds. The van der Waals surface area contributed by atoms with Gasteiger partial charge in [0.15, 0.2) is 5.96 Å². The molecule has 0 aliphatic heterocycles. The molecule has 6 heteroatoms. The molecular weight excluding hydrogens is 356 g/mol. The van der Waals surface area contributed by atoms with Gasteiger partial charge in [0.25, 0.3) is 0 Å². The summed E-state index contributed by atoms with van der Waals surface area (Å²) in [6.45, 7) is 4.16. The molecule has 1 aromatic carbocycles. The number of rotatable bonds is 7. The second kappa shape index (κ2) is 9.73. The Morgan fingerprint density at radius 3 is 2.63 bits per heavy atom. The van der Waals surface area contributed by atoms with E-state index in [2.05, 4.69) is 51.8 Å². The SMILES string of the molecule is CCNC(=NCc1ccccn1)NCc1ccc(-c2ccc(OC)cc2)s1. The van der Waals surface area contributed by atoms with Crippen molar-refractivity contribution < 1.29 is 4.74 Å². The number of aliphatic imine (C=N–C) groups is 1. The maximum atomic E-state index is 5.22. The molecule has 5 nitrogen and oxygen atoms in total. The van der Waals surface area contributed by atoms with Crippen LogP contribution >= 0.6 is 11.3 Å². The second-order valence-corrected chi connectivity index (χ2v) is 7.03. The van der Waals surface area contributed by atoms with Crippen LogP contribution in [0, 0.1) is 0 Å². The molecule has 3 rings (SSSR count). The van der Waals surface area contributed by atoms with Crippen molar-refractivity contribution in [3.8, 4) is 16.2 Å². The molecule has 2 aromatic heterocycles. The first kappa shape index (κ1) is 18.9. The Bertz CT molecular complexity index is 859. The van der Waals surface area contributed by atoms with Gasteiger partial charge in [-0.1, -0.05) is 6.07 Å². The maximum absolute atomic E-state index is 5.22. The number of nitrogens with one attached hydrogen (secondary N) is 2. The van der Waals surface area contributed by atoms with Gasteiger partial charge in [-0.15, -0.1) is 11.3 Å². The normalized spacial score (nSPS) is 11.3. The van der Waals surface area contributed by atoms with Crippen LogP contribution in [-0.2, 0) is 13.1 Å². The average Bonchev–Trinajstić information content (AvgIpc) is 3.20. The monoisotopic (exact) mass is 380 g/mol. The van der Waals surface area contributed by atoms with Crippen molar-refractivity contribution >= 4 is 17.3 Å². The number of thiophene rings is 1. The van der Waals surface area contributed by atoms with Gasteiger partial charge < -0.3 is 15.4 Å². The standard InChI is InChI=1S/C21H24N4OS/c1-3-22-21(24-14-17-6-4-5-13-23-17)25-15-19-11-12-20(27-19)16-7-9-18(26-2)10-8-16/h4-13H,3,14-15H2,1-2H3,(H2,22,24,25). The van der Waals surface area contributed by atoms with E-state index >= 15 is 0 Å². The van der Waals surface area contributed by atoms with Crippen molar-refractivity contribution in [2.24, 2.45) is 4.99 Å². The minimum absolute atomic E-state index is 0.553. The summed E-state index contributed by atoms with van der Waals surface area (Å²) in [5, 5.41) is 6.67. The molecule has 3 aromatic rings. The lowest BCUT2D eigenvalue weighted by atomic mass is 10.2. The summed E-state index contributed by atoms with van der Waals surface area (Å²) in [5.74, 6) is 1.67. The molecule has 0 aliphatic rings. The summed E-state index contributed by atoms with van der Waals surface area (Å²) in [4.78, 5) is 11.4. The van der Waals surface area contributed by atoms with Crippen LogP contribution in [0.4, 0.5) is 0 Å². The van der Waals surface area contributed by atoms with Gasteiger partial charge in [0.05, 0.1) is 25.9 Å². The summed E-state index contributed by atoms with van der Waals surface area (Å²) < 4.78 is 5.22. The summed E-state index contributed by atoms with van der Waals surface area (Å²) in [7, 11) is 1.68. The van der Waals surface area contributed by atoms with E-state index in [1.165, 1.54) is 15.3 Å². The van der Waals surface area contributed by atoms with Crippen LogP contribution in [0.1, 0.15) is 17.5 Å². The smallest absolute Gasteiger partial charge is 0.191 e. The molecule has 140 valence electrons. The van der Waals surface area contributed by atoms with Gasteiger partial charge in [0, 0.05) is 22.5 Å². The summed E-state index contributed by atoms with van der Waals surface area (Å²) in [6, 6.07) is 18.3. The third kappa shape index (κ3) is 5.56. The fraction of sp³-hybridized carbons (Fsp3) is 0.238. The molecular formula is C21H24N4OS. The van der Waals surface area contributed by atoms with Gasteiger partial charge in [-0.2, -0.15) is 0 Å². The number of pyridine rings is 1. The Hall–Kier alpha value is -2.86. The van der Waals surface area contributed by atoms with E-state index in [-0.39, 0.29) is 0 Å². The number of guanidine groups is 1. The molecule has 0 aliphatic carbocycles. The highest BCUT2D eigenvalue weighted by Gasteiger charge is 2.05. The molecule has 0 spiro atoms. The van der Waals surface area contributed by atoms with Crippen LogP contribution < -0.4 is 15.4 Å². The fourth-order valence-electron chi connectivity index (χ4n) is 2.55. The number of nitrogens with zero attached hydrogens (tertiary/aromatic N) is 2. The van der Waals surface area contributed by atoms with Gasteiger partial charge in [0.2, 0.25) is 0 Å². The predicted molar refractivity (Wildman–Crippen MR) is 112 cm³/mol. The van der Waals surface area contributed by atoms with Crippen molar-refractivity contribution in [3.05, 3.63) is 71.4 Å². The van der Waals surface area contributed by atoms with Crippen LogP contribution in [0.3, 0.4) is 0 Å². The first-order valence-electron chi connectivity index (χ1n) is 8.93. The highest BCUT2D eigenvalue weighted by atomic mass is 32.1. The molecule has 27 heavy (non-hydrogen) atoms. The first-order chi connectivity index (χ1) is 13.3. The molecule has 0 radical (unpaired) electrons. The van der Waals surface area contributed by atoms with Crippen LogP contribution in [0.25, 0.3) is 10.4 Å². The van der Waals surface area contributed by atoms with Gasteiger partial charge in [-0.25, -0.2) is 4.99 Å². The largest absolute Gasteiger partial charge is 0.497 e. The Balaban J connectivity index is 1.61. The van der Waals surface area contributed by atoms with Crippen LogP contribution in [0.15, 0.2) is 65.8 Å².